The van der Waals surface area contributed by atoms with Crippen LogP contribution in [-0.4, -0.2) is 19.7 Å². The van der Waals surface area contributed by atoms with Crippen molar-refractivity contribution >= 4 is 9.84 Å². The highest BCUT2D eigenvalue weighted by Crippen LogP contribution is 2.36. The quantitative estimate of drug-likeness (QED) is 0.920. The number of rotatable bonds is 3. The highest BCUT2D eigenvalue weighted by atomic mass is 32.2. The van der Waals surface area contributed by atoms with Gasteiger partial charge in [-0.1, -0.05) is 6.07 Å². The molecular formula is C11H12F3NO2S. The van der Waals surface area contributed by atoms with E-state index in [2.05, 4.69) is 0 Å². The third kappa shape index (κ3) is 2.84. The van der Waals surface area contributed by atoms with E-state index < -0.39 is 27.1 Å². The lowest BCUT2D eigenvalue weighted by Gasteiger charge is -2.12. The van der Waals surface area contributed by atoms with Gasteiger partial charge < -0.3 is 5.73 Å². The molecule has 0 aliphatic heterocycles. The number of hydrogen-bond acceptors (Lipinski definition) is 3. The SMILES string of the molecule is NC1(CS(=O)(=O)c2cccc(C(F)(F)F)c2)CC1. The van der Waals surface area contributed by atoms with E-state index in [9.17, 15) is 21.6 Å². The second-order valence-electron chi connectivity index (χ2n) is 4.65. The van der Waals surface area contributed by atoms with Crippen LogP contribution in [0.25, 0.3) is 0 Å². The average Bonchev–Trinajstić information content (AvgIpc) is 2.94. The van der Waals surface area contributed by atoms with Gasteiger partial charge in [-0.15, -0.1) is 0 Å². The molecule has 18 heavy (non-hydrogen) atoms. The molecule has 1 aromatic carbocycles. The average molecular weight is 279 g/mol. The van der Waals surface area contributed by atoms with Gasteiger partial charge in [0.15, 0.2) is 9.84 Å². The first-order valence-corrected chi connectivity index (χ1v) is 6.97. The first-order valence-electron chi connectivity index (χ1n) is 5.31. The third-order valence-corrected chi connectivity index (χ3v) is 4.82. The Labute approximate surface area is 103 Å². The molecule has 0 heterocycles. The second-order valence-corrected chi connectivity index (χ2v) is 6.64. The molecule has 1 aromatic rings. The van der Waals surface area contributed by atoms with Gasteiger partial charge in [-0.2, -0.15) is 13.2 Å². The molecule has 0 aromatic heterocycles. The summed E-state index contributed by atoms with van der Waals surface area (Å²) in [4.78, 5) is -0.325. The van der Waals surface area contributed by atoms with Crippen molar-refractivity contribution in [2.45, 2.75) is 29.5 Å². The van der Waals surface area contributed by atoms with Crippen LogP contribution in [0.4, 0.5) is 13.2 Å². The Bertz CT molecular complexity index is 562. The largest absolute Gasteiger partial charge is 0.416 e. The molecule has 0 unspecified atom stereocenters. The smallest absolute Gasteiger partial charge is 0.324 e. The van der Waals surface area contributed by atoms with Crippen molar-refractivity contribution in [3.05, 3.63) is 29.8 Å². The van der Waals surface area contributed by atoms with Crippen LogP contribution in [0.1, 0.15) is 18.4 Å². The minimum Gasteiger partial charge on any atom is -0.324 e. The van der Waals surface area contributed by atoms with Crippen molar-refractivity contribution < 1.29 is 21.6 Å². The molecule has 0 atom stereocenters. The minimum atomic E-state index is -4.55. The maximum absolute atomic E-state index is 12.5. The molecule has 1 aliphatic rings. The summed E-state index contributed by atoms with van der Waals surface area (Å²) in [6.45, 7) is 0. The Hall–Kier alpha value is -1.08. The third-order valence-electron chi connectivity index (χ3n) is 2.89. The van der Waals surface area contributed by atoms with Crippen molar-refractivity contribution in [3.8, 4) is 0 Å². The number of sulfone groups is 1. The molecule has 7 heteroatoms. The van der Waals surface area contributed by atoms with Crippen molar-refractivity contribution in [2.75, 3.05) is 5.75 Å². The summed E-state index contributed by atoms with van der Waals surface area (Å²) in [5.41, 5.74) is 3.97. The van der Waals surface area contributed by atoms with E-state index in [0.717, 1.165) is 18.2 Å². The van der Waals surface area contributed by atoms with Gasteiger partial charge in [0.2, 0.25) is 0 Å². The van der Waals surface area contributed by atoms with Crippen LogP contribution in [0.2, 0.25) is 0 Å². The molecule has 1 aliphatic carbocycles. The summed E-state index contributed by atoms with van der Waals surface area (Å²) in [7, 11) is -3.76. The Morgan fingerprint density at radius 3 is 2.39 bits per heavy atom. The second kappa shape index (κ2) is 3.96. The predicted octanol–water partition coefficient (Wildman–Crippen LogP) is 1.97. The fourth-order valence-corrected chi connectivity index (χ4v) is 3.44. The van der Waals surface area contributed by atoms with Crippen LogP contribution in [0.5, 0.6) is 0 Å². The summed E-state index contributed by atoms with van der Waals surface area (Å²) in [5, 5.41) is 0. The molecular weight excluding hydrogens is 267 g/mol. The number of halogens is 3. The van der Waals surface area contributed by atoms with E-state index in [0.29, 0.717) is 18.9 Å². The van der Waals surface area contributed by atoms with Gasteiger partial charge in [-0.25, -0.2) is 8.42 Å². The van der Waals surface area contributed by atoms with E-state index in [-0.39, 0.29) is 10.6 Å². The molecule has 2 rings (SSSR count). The highest BCUT2D eigenvalue weighted by molar-refractivity contribution is 7.91. The molecule has 0 bridgehead atoms. The van der Waals surface area contributed by atoms with Crippen LogP contribution in [0.3, 0.4) is 0 Å². The van der Waals surface area contributed by atoms with Gasteiger partial charge in [-0.05, 0) is 31.0 Å². The van der Waals surface area contributed by atoms with E-state index in [4.69, 9.17) is 5.73 Å². The van der Waals surface area contributed by atoms with Crippen LogP contribution in [0.15, 0.2) is 29.2 Å². The molecule has 0 radical (unpaired) electrons. The van der Waals surface area contributed by atoms with Crippen molar-refractivity contribution in [3.63, 3.8) is 0 Å². The Morgan fingerprint density at radius 1 is 1.28 bits per heavy atom. The lowest BCUT2D eigenvalue weighted by atomic mass is 10.2. The molecule has 2 N–H and O–H groups in total. The zero-order valence-electron chi connectivity index (χ0n) is 9.37. The summed E-state index contributed by atoms with van der Waals surface area (Å²) in [6.07, 6.45) is -3.37. The highest BCUT2D eigenvalue weighted by Gasteiger charge is 2.43. The molecule has 100 valence electrons. The van der Waals surface area contributed by atoms with Crippen LogP contribution >= 0.6 is 0 Å². The fourth-order valence-electron chi connectivity index (χ4n) is 1.63. The number of benzene rings is 1. The zero-order valence-corrected chi connectivity index (χ0v) is 10.2. The molecule has 0 saturated heterocycles. The van der Waals surface area contributed by atoms with E-state index in [1.807, 2.05) is 0 Å². The number of nitrogens with two attached hydrogens (primary N) is 1. The van der Waals surface area contributed by atoms with E-state index >= 15 is 0 Å². The molecule has 1 fully saturated rings. The zero-order chi connectivity index (χ0) is 13.6. The number of hydrogen-bond donors (Lipinski definition) is 1. The van der Waals surface area contributed by atoms with Crippen molar-refractivity contribution in [1.29, 1.82) is 0 Å². The predicted molar refractivity (Wildman–Crippen MR) is 59.6 cm³/mol. The summed E-state index contributed by atoms with van der Waals surface area (Å²) in [6, 6.07) is 3.75. The van der Waals surface area contributed by atoms with Crippen molar-refractivity contribution in [1.82, 2.24) is 0 Å². The Kier molecular flexibility index (Phi) is 2.94. The Morgan fingerprint density at radius 2 is 1.89 bits per heavy atom. The summed E-state index contributed by atoms with van der Waals surface area (Å²) >= 11 is 0. The first kappa shape index (κ1) is 13.4. The van der Waals surface area contributed by atoms with E-state index in [1.165, 1.54) is 0 Å². The maximum atomic E-state index is 12.5. The van der Waals surface area contributed by atoms with Gasteiger partial charge in [0.25, 0.3) is 0 Å². The standard InChI is InChI=1S/C11H12F3NO2S/c12-11(13,14)8-2-1-3-9(6-8)18(16,17)7-10(15)4-5-10/h1-3,6H,4-5,7,15H2. The lowest BCUT2D eigenvalue weighted by Crippen LogP contribution is -2.31. The molecule has 0 spiro atoms. The first-order chi connectivity index (χ1) is 8.12. The van der Waals surface area contributed by atoms with Crippen LogP contribution in [0, 0.1) is 0 Å². The van der Waals surface area contributed by atoms with Gasteiger partial charge in [-0.3, -0.25) is 0 Å². The van der Waals surface area contributed by atoms with Crippen molar-refractivity contribution in [2.24, 2.45) is 5.73 Å². The lowest BCUT2D eigenvalue weighted by molar-refractivity contribution is -0.137. The topological polar surface area (TPSA) is 60.2 Å². The summed E-state index contributed by atoms with van der Waals surface area (Å²) in [5.74, 6) is -0.304. The van der Waals surface area contributed by atoms with Gasteiger partial charge in [0.1, 0.15) is 0 Å². The molecule has 0 amide bonds. The maximum Gasteiger partial charge on any atom is 0.416 e. The summed E-state index contributed by atoms with van der Waals surface area (Å²) < 4.78 is 61.3. The van der Waals surface area contributed by atoms with Gasteiger partial charge >= 0.3 is 6.18 Å². The number of alkyl halides is 3. The molecule has 3 nitrogen and oxygen atoms in total. The normalized spacial score (nSPS) is 18.7. The van der Waals surface area contributed by atoms with Gasteiger partial charge in [0.05, 0.1) is 16.2 Å². The molecule has 1 saturated carbocycles. The Balaban J connectivity index is 2.33. The minimum absolute atomic E-state index is 0.304. The van der Waals surface area contributed by atoms with Crippen LogP contribution < -0.4 is 5.73 Å². The van der Waals surface area contributed by atoms with Crippen LogP contribution in [-0.2, 0) is 16.0 Å². The fraction of sp³-hybridized carbons (Fsp3) is 0.455. The van der Waals surface area contributed by atoms with E-state index in [1.54, 1.807) is 0 Å². The monoisotopic (exact) mass is 279 g/mol. The van der Waals surface area contributed by atoms with Gasteiger partial charge in [0, 0.05) is 5.54 Å².